The molecule has 1 aliphatic carbocycles. The highest BCUT2D eigenvalue weighted by atomic mass is 15.0. The van der Waals surface area contributed by atoms with Crippen LogP contribution in [-0.4, -0.2) is 0 Å². The SMILES string of the molecule is Cc1cc(C)c(NC2=C(Nc3c(C)cc(C)cc3C)CCCC2)c(C)c1. The van der Waals surface area contributed by atoms with Crippen LogP contribution in [-0.2, 0) is 0 Å². The van der Waals surface area contributed by atoms with E-state index in [-0.39, 0.29) is 0 Å². The molecule has 2 aromatic rings. The number of benzene rings is 2. The number of rotatable bonds is 4. The zero-order chi connectivity index (χ0) is 18.8. The Kier molecular flexibility index (Phi) is 5.41. The van der Waals surface area contributed by atoms with E-state index in [9.17, 15) is 0 Å². The maximum Gasteiger partial charge on any atom is 0.0441 e. The minimum Gasteiger partial charge on any atom is -0.357 e. The fourth-order valence-corrected chi connectivity index (χ4v) is 4.24. The van der Waals surface area contributed by atoms with Crippen molar-refractivity contribution < 1.29 is 0 Å². The van der Waals surface area contributed by atoms with Crippen LogP contribution in [0, 0.1) is 41.5 Å². The lowest BCUT2D eigenvalue weighted by molar-refractivity contribution is 0.677. The molecule has 0 radical (unpaired) electrons. The summed E-state index contributed by atoms with van der Waals surface area (Å²) in [6.07, 6.45) is 4.73. The van der Waals surface area contributed by atoms with Crippen molar-refractivity contribution in [2.75, 3.05) is 10.6 Å². The van der Waals surface area contributed by atoms with Crippen molar-refractivity contribution in [3.8, 4) is 0 Å². The number of nitrogens with one attached hydrogen (secondary N) is 2. The van der Waals surface area contributed by atoms with Crippen molar-refractivity contribution in [3.63, 3.8) is 0 Å². The quantitative estimate of drug-likeness (QED) is 0.631. The Labute approximate surface area is 158 Å². The molecule has 1 aliphatic rings. The second kappa shape index (κ2) is 7.57. The molecule has 2 nitrogen and oxygen atoms in total. The van der Waals surface area contributed by atoms with Crippen LogP contribution < -0.4 is 10.6 Å². The van der Waals surface area contributed by atoms with Crippen LogP contribution in [0.3, 0.4) is 0 Å². The third-order valence-corrected chi connectivity index (χ3v) is 5.37. The van der Waals surface area contributed by atoms with Gasteiger partial charge in [0.15, 0.2) is 0 Å². The van der Waals surface area contributed by atoms with Crippen LogP contribution >= 0.6 is 0 Å². The second-order valence-corrected chi connectivity index (χ2v) is 7.96. The molecule has 0 aliphatic heterocycles. The first-order valence-corrected chi connectivity index (χ1v) is 9.77. The number of hydrogen-bond donors (Lipinski definition) is 2. The van der Waals surface area contributed by atoms with Gasteiger partial charge in [-0.05, 0) is 89.5 Å². The summed E-state index contributed by atoms with van der Waals surface area (Å²) in [6, 6.07) is 9.06. The molecule has 3 rings (SSSR count). The molecule has 0 bridgehead atoms. The van der Waals surface area contributed by atoms with Gasteiger partial charge in [0.1, 0.15) is 0 Å². The third kappa shape index (κ3) is 3.95. The standard InChI is InChI=1S/C24H32N2/c1-15-11-17(3)23(18(4)12-15)25-21-9-7-8-10-22(21)26-24-19(5)13-16(2)14-20(24)6/h11-14,25-26H,7-10H2,1-6H3. The van der Waals surface area contributed by atoms with E-state index in [2.05, 4.69) is 76.4 Å². The average molecular weight is 349 g/mol. The molecule has 0 aromatic heterocycles. The van der Waals surface area contributed by atoms with Crippen LogP contribution in [0.5, 0.6) is 0 Å². The Hall–Kier alpha value is -2.22. The Morgan fingerprint density at radius 2 is 0.846 bits per heavy atom. The lowest BCUT2D eigenvalue weighted by Crippen LogP contribution is -2.16. The van der Waals surface area contributed by atoms with E-state index in [4.69, 9.17) is 0 Å². The van der Waals surface area contributed by atoms with Gasteiger partial charge < -0.3 is 10.6 Å². The maximum absolute atomic E-state index is 3.78. The molecule has 0 amide bonds. The first-order valence-electron chi connectivity index (χ1n) is 9.77. The van der Waals surface area contributed by atoms with Crippen molar-refractivity contribution in [3.05, 3.63) is 69.0 Å². The van der Waals surface area contributed by atoms with Crippen LogP contribution in [0.15, 0.2) is 35.7 Å². The van der Waals surface area contributed by atoms with Gasteiger partial charge in [0, 0.05) is 22.8 Å². The highest BCUT2D eigenvalue weighted by molar-refractivity contribution is 5.65. The van der Waals surface area contributed by atoms with E-state index >= 15 is 0 Å². The van der Waals surface area contributed by atoms with Crippen molar-refractivity contribution >= 4 is 11.4 Å². The first kappa shape index (κ1) is 18.6. The Morgan fingerprint density at radius 1 is 0.538 bits per heavy atom. The highest BCUT2D eigenvalue weighted by Gasteiger charge is 2.16. The largest absolute Gasteiger partial charge is 0.357 e. The van der Waals surface area contributed by atoms with Crippen LogP contribution in [0.2, 0.25) is 0 Å². The molecule has 2 heteroatoms. The van der Waals surface area contributed by atoms with E-state index in [0.29, 0.717) is 0 Å². The zero-order valence-electron chi connectivity index (χ0n) is 17.1. The van der Waals surface area contributed by atoms with Crippen molar-refractivity contribution in [1.82, 2.24) is 0 Å². The van der Waals surface area contributed by atoms with E-state index in [1.807, 2.05) is 0 Å². The second-order valence-electron chi connectivity index (χ2n) is 7.96. The van der Waals surface area contributed by atoms with E-state index in [1.54, 1.807) is 0 Å². The van der Waals surface area contributed by atoms with Crippen LogP contribution in [0.4, 0.5) is 11.4 Å². The highest BCUT2D eigenvalue weighted by Crippen LogP contribution is 2.32. The monoisotopic (exact) mass is 348 g/mol. The molecule has 2 aromatic carbocycles. The van der Waals surface area contributed by atoms with Crippen molar-refractivity contribution in [1.29, 1.82) is 0 Å². The van der Waals surface area contributed by atoms with Gasteiger partial charge in [0.25, 0.3) is 0 Å². The minimum atomic E-state index is 1.11. The van der Waals surface area contributed by atoms with E-state index < -0.39 is 0 Å². The van der Waals surface area contributed by atoms with Gasteiger partial charge in [-0.1, -0.05) is 35.4 Å². The lowest BCUT2D eigenvalue weighted by atomic mass is 9.98. The van der Waals surface area contributed by atoms with Gasteiger partial charge in [-0.3, -0.25) is 0 Å². The Balaban J connectivity index is 1.95. The first-order chi connectivity index (χ1) is 12.3. The number of aryl methyl sites for hydroxylation is 6. The summed E-state index contributed by atoms with van der Waals surface area (Å²) in [5, 5.41) is 7.56. The number of allylic oxidation sites excluding steroid dienone is 2. The summed E-state index contributed by atoms with van der Waals surface area (Å²) >= 11 is 0. The van der Waals surface area contributed by atoms with Gasteiger partial charge in [0.2, 0.25) is 0 Å². The summed E-state index contributed by atoms with van der Waals surface area (Å²) in [5.41, 5.74) is 13.2. The predicted octanol–water partition coefficient (Wildman–Crippen LogP) is 6.85. The molecule has 26 heavy (non-hydrogen) atoms. The fraction of sp³-hybridized carbons (Fsp3) is 0.417. The zero-order valence-corrected chi connectivity index (χ0v) is 17.1. The molecular weight excluding hydrogens is 316 g/mol. The summed E-state index contributed by atoms with van der Waals surface area (Å²) < 4.78 is 0. The molecule has 0 fully saturated rings. The van der Waals surface area contributed by atoms with Crippen LogP contribution in [0.1, 0.15) is 59.1 Å². The summed E-state index contributed by atoms with van der Waals surface area (Å²) in [6.45, 7) is 13.1. The predicted molar refractivity (Wildman–Crippen MR) is 114 cm³/mol. The maximum atomic E-state index is 3.78. The minimum absolute atomic E-state index is 1.11. The Bertz CT molecular complexity index is 741. The van der Waals surface area contributed by atoms with Crippen molar-refractivity contribution in [2.24, 2.45) is 0 Å². The third-order valence-electron chi connectivity index (χ3n) is 5.37. The van der Waals surface area contributed by atoms with Gasteiger partial charge >= 0.3 is 0 Å². The van der Waals surface area contributed by atoms with E-state index in [1.165, 1.54) is 69.0 Å². The molecule has 0 atom stereocenters. The lowest BCUT2D eigenvalue weighted by Gasteiger charge is -2.26. The molecule has 0 heterocycles. The summed E-state index contributed by atoms with van der Waals surface area (Å²) in [4.78, 5) is 0. The Morgan fingerprint density at radius 3 is 1.15 bits per heavy atom. The number of hydrogen-bond acceptors (Lipinski definition) is 2. The van der Waals surface area contributed by atoms with Gasteiger partial charge in [-0.25, -0.2) is 0 Å². The molecule has 2 N–H and O–H groups in total. The number of anilines is 2. The topological polar surface area (TPSA) is 24.1 Å². The molecule has 0 saturated heterocycles. The molecule has 0 saturated carbocycles. The summed E-state index contributed by atoms with van der Waals surface area (Å²) in [5.74, 6) is 0. The van der Waals surface area contributed by atoms with Gasteiger partial charge in [-0.15, -0.1) is 0 Å². The van der Waals surface area contributed by atoms with E-state index in [0.717, 1.165) is 12.8 Å². The van der Waals surface area contributed by atoms with Gasteiger partial charge in [-0.2, -0.15) is 0 Å². The molecule has 0 unspecified atom stereocenters. The molecule has 0 spiro atoms. The van der Waals surface area contributed by atoms with Crippen molar-refractivity contribution in [2.45, 2.75) is 67.2 Å². The van der Waals surface area contributed by atoms with Gasteiger partial charge in [0.05, 0.1) is 0 Å². The smallest absolute Gasteiger partial charge is 0.0441 e. The molecular formula is C24H32N2. The average Bonchev–Trinajstić information content (AvgIpc) is 2.55. The normalized spacial score (nSPS) is 14.5. The fourth-order valence-electron chi connectivity index (χ4n) is 4.24. The summed E-state index contributed by atoms with van der Waals surface area (Å²) in [7, 11) is 0. The molecule has 138 valence electrons. The van der Waals surface area contributed by atoms with Crippen LogP contribution in [0.25, 0.3) is 0 Å².